The molecular weight excluding hydrogens is 400 g/mol. The van der Waals surface area contributed by atoms with Crippen LogP contribution in [0.25, 0.3) is 0 Å². The van der Waals surface area contributed by atoms with E-state index in [9.17, 15) is 13.2 Å². The van der Waals surface area contributed by atoms with Gasteiger partial charge in [-0.1, -0.05) is 13.3 Å². The summed E-state index contributed by atoms with van der Waals surface area (Å²) >= 11 is 1.44. The predicted octanol–water partition coefficient (Wildman–Crippen LogP) is 2.66. The number of carbonyl (C=O) groups excluding carboxylic acids is 1. The Kier molecular flexibility index (Phi) is 5.31. The highest BCUT2D eigenvalue weighted by molar-refractivity contribution is 7.89. The van der Waals surface area contributed by atoms with Gasteiger partial charge in [-0.2, -0.15) is 0 Å². The van der Waals surface area contributed by atoms with E-state index in [1.54, 1.807) is 6.07 Å². The Morgan fingerprint density at radius 1 is 1.21 bits per heavy atom. The molecule has 1 aliphatic carbocycles. The van der Waals surface area contributed by atoms with Gasteiger partial charge in [0.25, 0.3) is 15.9 Å². The molecule has 2 heterocycles. The molecule has 0 spiro atoms. The first-order valence-corrected chi connectivity index (χ1v) is 11.6. The second-order valence-corrected chi connectivity index (χ2v) is 9.76. The number of fused-ring (bicyclic) bond motifs is 2. The van der Waals surface area contributed by atoms with Gasteiger partial charge < -0.3 is 9.47 Å². The monoisotopic (exact) mass is 422 g/mol. The van der Waals surface area contributed by atoms with E-state index in [2.05, 4.69) is 17.2 Å². The number of nitrogens with one attached hydrogen (secondary N) is 2. The number of hydrogen-bond acceptors (Lipinski definition) is 6. The molecule has 2 aliphatic rings. The molecule has 1 aliphatic heterocycles. The summed E-state index contributed by atoms with van der Waals surface area (Å²) in [4.78, 5) is 16.4. The molecule has 0 fully saturated rings. The highest BCUT2D eigenvalue weighted by Gasteiger charge is 2.24. The van der Waals surface area contributed by atoms with Crippen molar-refractivity contribution in [2.45, 2.75) is 37.5 Å². The summed E-state index contributed by atoms with van der Waals surface area (Å²) in [5, 5.41) is 0. The van der Waals surface area contributed by atoms with Crippen molar-refractivity contribution in [1.29, 1.82) is 0 Å². The van der Waals surface area contributed by atoms with Gasteiger partial charge in [0.1, 0.15) is 13.2 Å². The van der Waals surface area contributed by atoms with Gasteiger partial charge in [0.05, 0.1) is 9.77 Å². The first-order chi connectivity index (χ1) is 13.5. The molecule has 1 aromatic heterocycles. The Bertz CT molecular complexity index is 1000. The third-order valence-electron chi connectivity index (χ3n) is 5.11. The van der Waals surface area contributed by atoms with Crippen LogP contribution < -0.4 is 19.7 Å². The number of amides is 1. The van der Waals surface area contributed by atoms with Crippen LogP contribution in [0.3, 0.4) is 0 Å². The molecule has 1 amide bonds. The van der Waals surface area contributed by atoms with E-state index < -0.39 is 15.9 Å². The maximum Gasteiger partial charge on any atom is 0.276 e. The lowest BCUT2D eigenvalue weighted by atomic mass is 9.87. The number of rotatable bonds is 5. The number of benzene rings is 1. The summed E-state index contributed by atoms with van der Waals surface area (Å²) in [5.74, 6) is 1.08. The van der Waals surface area contributed by atoms with Gasteiger partial charge in [0.15, 0.2) is 11.5 Å². The van der Waals surface area contributed by atoms with Crippen molar-refractivity contribution in [3.63, 3.8) is 0 Å². The van der Waals surface area contributed by atoms with Crippen LogP contribution in [0, 0.1) is 5.92 Å². The van der Waals surface area contributed by atoms with Crippen LogP contribution in [0.5, 0.6) is 11.5 Å². The van der Waals surface area contributed by atoms with Gasteiger partial charge in [0.2, 0.25) is 0 Å². The van der Waals surface area contributed by atoms with Gasteiger partial charge in [-0.05, 0) is 48.9 Å². The number of aryl methyl sites for hydroxylation is 1. The number of carbonyl (C=O) groups is 1. The summed E-state index contributed by atoms with van der Waals surface area (Å²) in [7, 11) is -3.92. The van der Waals surface area contributed by atoms with Crippen molar-refractivity contribution in [3.8, 4) is 11.5 Å². The van der Waals surface area contributed by atoms with Crippen molar-refractivity contribution < 1.29 is 22.7 Å². The number of sulfonamides is 1. The van der Waals surface area contributed by atoms with Crippen LogP contribution in [-0.2, 0) is 22.9 Å². The fraction of sp³-hybridized carbons (Fsp3) is 0.421. The standard InChI is InChI=1S/C19H22N2O5S2/c1-2-12-3-6-17-13(9-12)10-18(27-17)19(22)20-21-28(23,24)14-4-5-15-16(11-14)26-8-7-25-15/h4-5,10-12,21H,2-3,6-9H2,1H3,(H,20,22)/t12-/m0/s1. The molecule has 150 valence electrons. The fourth-order valence-corrected chi connectivity index (χ4v) is 5.44. The molecule has 1 aromatic carbocycles. The van der Waals surface area contributed by atoms with Gasteiger partial charge in [-0.15, -0.1) is 16.2 Å². The molecule has 2 N–H and O–H groups in total. The molecule has 0 unspecified atom stereocenters. The summed E-state index contributed by atoms with van der Waals surface area (Å²) in [6.45, 7) is 2.97. The van der Waals surface area contributed by atoms with E-state index in [1.807, 2.05) is 6.07 Å². The van der Waals surface area contributed by atoms with Crippen LogP contribution in [0.1, 0.15) is 39.9 Å². The predicted molar refractivity (Wildman–Crippen MR) is 105 cm³/mol. The average Bonchev–Trinajstić information content (AvgIpc) is 3.15. The second kappa shape index (κ2) is 7.73. The topological polar surface area (TPSA) is 93.7 Å². The van der Waals surface area contributed by atoms with E-state index in [1.165, 1.54) is 33.9 Å². The Morgan fingerprint density at radius 2 is 2.00 bits per heavy atom. The van der Waals surface area contributed by atoms with Crippen molar-refractivity contribution in [2.75, 3.05) is 13.2 Å². The highest BCUT2D eigenvalue weighted by Crippen LogP contribution is 2.34. The number of ether oxygens (including phenoxy) is 2. The molecule has 0 saturated carbocycles. The van der Waals surface area contributed by atoms with E-state index in [-0.39, 0.29) is 4.90 Å². The average molecular weight is 423 g/mol. The van der Waals surface area contributed by atoms with Crippen molar-refractivity contribution in [3.05, 3.63) is 39.6 Å². The Labute approximate surface area is 168 Å². The van der Waals surface area contributed by atoms with Gasteiger partial charge in [-0.25, -0.2) is 8.42 Å². The summed E-state index contributed by atoms with van der Waals surface area (Å²) in [5.41, 5.74) is 3.52. The minimum atomic E-state index is -3.92. The SMILES string of the molecule is CC[C@H]1CCc2sc(C(=O)NNS(=O)(=O)c3ccc4c(c3)OCCO4)cc2C1. The van der Waals surface area contributed by atoms with Crippen molar-refractivity contribution >= 4 is 27.3 Å². The lowest BCUT2D eigenvalue weighted by Crippen LogP contribution is -2.41. The maximum absolute atomic E-state index is 12.5. The Hall–Kier alpha value is -2.10. The molecule has 0 bridgehead atoms. The second-order valence-electron chi connectivity index (χ2n) is 6.94. The zero-order valence-electron chi connectivity index (χ0n) is 15.5. The van der Waals surface area contributed by atoms with E-state index >= 15 is 0 Å². The zero-order valence-corrected chi connectivity index (χ0v) is 17.1. The Morgan fingerprint density at radius 3 is 2.79 bits per heavy atom. The molecule has 1 atom stereocenters. The lowest BCUT2D eigenvalue weighted by molar-refractivity contribution is 0.0949. The first kappa shape index (κ1) is 19.2. The van der Waals surface area contributed by atoms with Crippen LogP contribution in [0.2, 0.25) is 0 Å². The normalized spacial score (nSPS) is 18.4. The largest absolute Gasteiger partial charge is 0.486 e. The molecule has 7 nitrogen and oxygen atoms in total. The smallest absolute Gasteiger partial charge is 0.276 e. The third kappa shape index (κ3) is 3.87. The minimum absolute atomic E-state index is 0.00619. The molecular formula is C19H22N2O5S2. The van der Waals surface area contributed by atoms with Crippen LogP contribution in [0.4, 0.5) is 0 Å². The minimum Gasteiger partial charge on any atom is -0.486 e. The molecule has 28 heavy (non-hydrogen) atoms. The molecule has 2 aromatic rings. The lowest BCUT2D eigenvalue weighted by Gasteiger charge is -2.19. The van der Waals surface area contributed by atoms with Crippen molar-refractivity contribution in [1.82, 2.24) is 10.3 Å². The van der Waals surface area contributed by atoms with Crippen LogP contribution in [-0.4, -0.2) is 27.5 Å². The molecule has 0 saturated heterocycles. The van der Waals surface area contributed by atoms with E-state index in [0.29, 0.717) is 35.5 Å². The van der Waals surface area contributed by atoms with Gasteiger partial charge in [0, 0.05) is 10.9 Å². The number of hydrogen-bond donors (Lipinski definition) is 2. The van der Waals surface area contributed by atoms with Crippen molar-refractivity contribution in [2.24, 2.45) is 5.92 Å². The Balaban J connectivity index is 1.44. The molecule has 4 rings (SSSR count). The van der Waals surface area contributed by atoms with E-state index in [4.69, 9.17) is 9.47 Å². The number of thiophene rings is 1. The summed E-state index contributed by atoms with van der Waals surface area (Å²) in [6, 6.07) is 6.23. The molecule has 9 heteroatoms. The summed E-state index contributed by atoms with van der Waals surface area (Å²) < 4.78 is 35.8. The highest BCUT2D eigenvalue weighted by atomic mass is 32.2. The molecule has 0 radical (unpaired) electrons. The summed E-state index contributed by atoms with van der Waals surface area (Å²) in [6.07, 6.45) is 4.24. The van der Waals surface area contributed by atoms with Gasteiger partial charge in [-0.3, -0.25) is 10.2 Å². The maximum atomic E-state index is 12.5. The zero-order chi connectivity index (χ0) is 19.7. The van der Waals surface area contributed by atoms with Crippen LogP contribution >= 0.6 is 11.3 Å². The quantitative estimate of drug-likeness (QED) is 0.723. The number of hydrazine groups is 1. The van der Waals surface area contributed by atoms with Gasteiger partial charge >= 0.3 is 0 Å². The van der Waals surface area contributed by atoms with Crippen LogP contribution in [0.15, 0.2) is 29.2 Å². The van der Waals surface area contributed by atoms with E-state index in [0.717, 1.165) is 25.7 Å². The fourth-order valence-electron chi connectivity index (χ4n) is 3.48. The third-order valence-corrected chi connectivity index (χ3v) is 7.59. The first-order valence-electron chi connectivity index (χ1n) is 9.29.